The number of hydrogen-bond acceptors (Lipinski definition) is 5. The highest BCUT2D eigenvalue weighted by atomic mass is 32.1. The Morgan fingerprint density at radius 2 is 2.17 bits per heavy atom. The van der Waals surface area contributed by atoms with Crippen LogP contribution in [0.2, 0.25) is 0 Å². The number of fused-ring (bicyclic) bond motifs is 1. The van der Waals surface area contributed by atoms with Crippen LogP contribution in [0.15, 0.2) is 24.5 Å². The van der Waals surface area contributed by atoms with E-state index < -0.39 is 0 Å². The van der Waals surface area contributed by atoms with Crippen LogP contribution in [-0.2, 0) is 17.6 Å². The number of rotatable bonds is 5. The Morgan fingerprint density at radius 3 is 2.96 bits per heavy atom. The normalized spacial score (nSPS) is 11.3. The van der Waals surface area contributed by atoms with Gasteiger partial charge >= 0.3 is 0 Å². The Hall–Kier alpha value is -2.35. The van der Waals surface area contributed by atoms with E-state index in [2.05, 4.69) is 34.3 Å². The summed E-state index contributed by atoms with van der Waals surface area (Å²) in [5.74, 6) is -0.0801. The molecule has 3 aromatic rings. The molecule has 3 heterocycles. The van der Waals surface area contributed by atoms with E-state index in [-0.39, 0.29) is 18.1 Å². The molecule has 23 heavy (non-hydrogen) atoms. The van der Waals surface area contributed by atoms with Crippen molar-refractivity contribution in [2.75, 3.05) is 5.32 Å². The van der Waals surface area contributed by atoms with Crippen LogP contribution in [0.1, 0.15) is 24.5 Å². The summed E-state index contributed by atoms with van der Waals surface area (Å²) in [6.45, 7) is 4.21. The monoisotopic (exact) mass is 333 g/mol. The van der Waals surface area contributed by atoms with E-state index in [1.54, 1.807) is 16.7 Å². The molecule has 6 nitrogen and oxygen atoms in total. The summed E-state index contributed by atoms with van der Waals surface area (Å²) in [6.07, 6.45) is 3.91. The summed E-state index contributed by atoms with van der Waals surface area (Å²) in [6, 6.07) is 2.91. The fraction of sp³-hybridized carbons (Fsp3) is 0.333. The average Bonchev–Trinajstić information content (AvgIpc) is 3.03. The van der Waals surface area contributed by atoms with Crippen LogP contribution < -0.4 is 5.32 Å². The lowest BCUT2D eigenvalue weighted by Gasteiger charge is -1.98. The summed E-state index contributed by atoms with van der Waals surface area (Å²) >= 11 is 1.38. The molecule has 3 rings (SSSR count). The Kier molecular flexibility index (Phi) is 4.33. The van der Waals surface area contributed by atoms with Gasteiger partial charge in [-0.2, -0.15) is 0 Å². The molecule has 1 amide bonds. The number of nitrogens with one attached hydrogen (secondary N) is 1. The third kappa shape index (κ3) is 3.89. The number of nitrogens with zero attached hydrogens (tertiary/aromatic N) is 4. The molecule has 0 bridgehead atoms. The van der Waals surface area contributed by atoms with E-state index in [1.807, 2.05) is 0 Å². The van der Waals surface area contributed by atoms with Crippen molar-refractivity contribution in [3.63, 3.8) is 0 Å². The number of anilines is 1. The van der Waals surface area contributed by atoms with Crippen molar-refractivity contribution in [2.45, 2.75) is 26.7 Å². The van der Waals surface area contributed by atoms with Crippen LogP contribution in [-0.4, -0.2) is 25.5 Å². The average molecular weight is 333 g/mol. The van der Waals surface area contributed by atoms with Gasteiger partial charge in [-0.25, -0.2) is 9.37 Å². The third-order valence-corrected chi connectivity index (χ3v) is 3.96. The van der Waals surface area contributed by atoms with E-state index in [4.69, 9.17) is 0 Å². The van der Waals surface area contributed by atoms with Gasteiger partial charge in [0.05, 0.1) is 12.1 Å². The minimum Gasteiger partial charge on any atom is -0.304 e. The fourth-order valence-corrected chi connectivity index (χ4v) is 3.13. The van der Waals surface area contributed by atoms with Gasteiger partial charge in [0.2, 0.25) is 11.0 Å². The highest BCUT2D eigenvalue weighted by molar-refractivity contribution is 7.15. The Morgan fingerprint density at radius 1 is 1.35 bits per heavy atom. The summed E-state index contributed by atoms with van der Waals surface area (Å²) in [4.78, 5) is 16.3. The van der Waals surface area contributed by atoms with E-state index in [9.17, 15) is 9.18 Å². The molecule has 3 aromatic heterocycles. The molecule has 0 aliphatic heterocycles. The third-order valence-electron chi connectivity index (χ3n) is 3.10. The molecule has 0 aliphatic rings. The van der Waals surface area contributed by atoms with Crippen LogP contribution in [0.5, 0.6) is 0 Å². The predicted molar refractivity (Wildman–Crippen MR) is 85.9 cm³/mol. The molecule has 0 saturated heterocycles. The summed E-state index contributed by atoms with van der Waals surface area (Å²) in [7, 11) is 0. The first-order chi connectivity index (χ1) is 11.0. The second-order valence-electron chi connectivity index (χ2n) is 5.67. The quantitative estimate of drug-likeness (QED) is 0.779. The first-order valence-corrected chi connectivity index (χ1v) is 8.06. The number of aromatic nitrogens is 4. The summed E-state index contributed by atoms with van der Waals surface area (Å²) < 4.78 is 14.7. The molecule has 8 heteroatoms. The van der Waals surface area contributed by atoms with Crippen LogP contribution in [0, 0.1) is 11.7 Å². The summed E-state index contributed by atoms with van der Waals surface area (Å²) in [5, 5.41) is 12.1. The van der Waals surface area contributed by atoms with Crippen molar-refractivity contribution in [1.29, 1.82) is 0 Å². The maximum Gasteiger partial charge on any atom is 0.232 e. The Labute approximate surface area is 136 Å². The van der Waals surface area contributed by atoms with Crippen LogP contribution in [0.25, 0.3) is 5.65 Å². The number of pyridine rings is 1. The number of carbonyl (C=O) groups is 1. The number of carbonyl (C=O) groups excluding carboxylic acids is 1. The maximum absolute atomic E-state index is 13.1. The van der Waals surface area contributed by atoms with Gasteiger partial charge in [-0.15, -0.1) is 10.2 Å². The molecule has 0 fully saturated rings. The molecule has 120 valence electrons. The number of amides is 1. The molecule has 0 unspecified atom stereocenters. The molecule has 0 atom stereocenters. The van der Waals surface area contributed by atoms with E-state index in [0.717, 1.165) is 11.4 Å². The van der Waals surface area contributed by atoms with Gasteiger partial charge in [-0.3, -0.25) is 4.79 Å². The number of hydrogen-bond donors (Lipinski definition) is 1. The second kappa shape index (κ2) is 6.41. The van der Waals surface area contributed by atoms with Crippen molar-refractivity contribution in [3.05, 3.63) is 41.0 Å². The van der Waals surface area contributed by atoms with Gasteiger partial charge < -0.3 is 9.72 Å². The molecule has 1 N–H and O–H groups in total. The van der Waals surface area contributed by atoms with E-state index in [1.165, 1.54) is 23.6 Å². The number of halogens is 1. The Balaban J connectivity index is 1.65. The van der Waals surface area contributed by atoms with Gasteiger partial charge in [0.1, 0.15) is 16.5 Å². The minimum atomic E-state index is -0.350. The minimum absolute atomic E-state index is 0.0996. The van der Waals surface area contributed by atoms with Crippen molar-refractivity contribution >= 4 is 28.0 Å². The molecule has 0 saturated carbocycles. The zero-order chi connectivity index (χ0) is 16.4. The highest BCUT2D eigenvalue weighted by Gasteiger charge is 2.12. The second-order valence-corrected chi connectivity index (χ2v) is 6.73. The fourth-order valence-electron chi connectivity index (χ4n) is 2.17. The molecule has 0 spiro atoms. The van der Waals surface area contributed by atoms with Crippen LogP contribution in [0.4, 0.5) is 9.52 Å². The summed E-state index contributed by atoms with van der Waals surface area (Å²) in [5.41, 5.74) is 1.17. The lowest BCUT2D eigenvalue weighted by molar-refractivity contribution is -0.115. The SMILES string of the molecule is CC(C)Cc1nnc(NC(=O)Cc2cn3cc(F)ccc3n2)s1. The van der Waals surface area contributed by atoms with Gasteiger partial charge in [0, 0.05) is 18.8 Å². The zero-order valence-electron chi connectivity index (χ0n) is 12.8. The largest absolute Gasteiger partial charge is 0.304 e. The lowest BCUT2D eigenvalue weighted by atomic mass is 10.1. The van der Waals surface area contributed by atoms with Crippen LogP contribution >= 0.6 is 11.3 Å². The maximum atomic E-state index is 13.1. The standard InChI is InChI=1S/C15H16FN5OS/c1-9(2)5-14-19-20-15(23-14)18-13(22)6-11-8-21-7-10(16)3-4-12(21)17-11/h3-4,7-9H,5-6H2,1-2H3,(H,18,20,22). The molecule has 0 radical (unpaired) electrons. The first-order valence-electron chi connectivity index (χ1n) is 7.25. The van der Waals surface area contributed by atoms with E-state index >= 15 is 0 Å². The highest BCUT2D eigenvalue weighted by Crippen LogP contribution is 2.18. The molecule has 0 aromatic carbocycles. The first kappa shape index (κ1) is 15.5. The number of imidazole rings is 1. The molecular weight excluding hydrogens is 317 g/mol. The Bertz CT molecular complexity index is 841. The molecular formula is C15H16FN5OS. The van der Waals surface area contributed by atoms with Crippen molar-refractivity contribution < 1.29 is 9.18 Å². The van der Waals surface area contributed by atoms with Gasteiger partial charge in [-0.1, -0.05) is 25.2 Å². The lowest BCUT2D eigenvalue weighted by Crippen LogP contribution is -2.14. The van der Waals surface area contributed by atoms with Crippen molar-refractivity contribution in [3.8, 4) is 0 Å². The van der Waals surface area contributed by atoms with E-state index in [0.29, 0.717) is 22.4 Å². The van der Waals surface area contributed by atoms with Crippen LogP contribution in [0.3, 0.4) is 0 Å². The zero-order valence-corrected chi connectivity index (χ0v) is 13.6. The smallest absolute Gasteiger partial charge is 0.232 e. The molecule has 0 aliphatic carbocycles. The van der Waals surface area contributed by atoms with Crippen molar-refractivity contribution in [2.24, 2.45) is 5.92 Å². The van der Waals surface area contributed by atoms with Gasteiger partial charge in [-0.05, 0) is 18.1 Å². The topological polar surface area (TPSA) is 72.2 Å². The predicted octanol–water partition coefficient (Wildman–Crippen LogP) is 2.70. The van der Waals surface area contributed by atoms with Gasteiger partial charge in [0.15, 0.2) is 0 Å². The van der Waals surface area contributed by atoms with Crippen molar-refractivity contribution in [1.82, 2.24) is 19.6 Å². The van der Waals surface area contributed by atoms with Gasteiger partial charge in [0.25, 0.3) is 0 Å².